The minimum atomic E-state index is -0.317. The van der Waals surface area contributed by atoms with Crippen LogP contribution in [0.1, 0.15) is 20.8 Å². The number of carbonyl (C=O) groups is 1. The Morgan fingerprint density at radius 1 is 1.18 bits per heavy atom. The van der Waals surface area contributed by atoms with Crippen molar-refractivity contribution < 1.29 is 9.53 Å². The number of benzene rings is 1. The molecule has 0 atom stereocenters. The summed E-state index contributed by atoms with van der Waals surface area (Å²) in [6.45, 7) is 0. The van der Waals surface area contributed by atoms with Gasteiger partial charge in [0.1, 0.15) is 4.88 Å². The Morgan fingerprint density at radius 2 is 1.88 bits per heavy atom. The van der Waals surface area contributed by atoms with Crippen molar-refractivity contribution in [3.8, 4) is 11.8 Å². The zero-order chi connectivity index (χ0) is 12.1. The summed E-state index contributed by atoms with van der Waals surface area (Å²) in [5, 5.41) is 1.85. The van der Waals surface area contributed by atoms with Crippen LogP contribution in [-0.4, -0.2) is 13.1 Å². The molecule has 0 amide bonds. The first-order chi connectivity index (χ1) is 8.29. The van der Waals surface area contributed by atoms with Gasteiger partial charge in [-0.3, -0.25) is 0 Å². The molecule has 0 aliphatic carbocycles. The van der Waals surface area contributed by atoms with Crippen LogP contribution in [0.15, 0.2) is 41.8 Å². The van der Waals surface area contributed by atoms with Crippen LogP contribution >= 0.6 is 11.3 Å². The second-order valence-electron chi connectivity index (χ2n) is 3.31. The van der Waals surface area contributed by atoms with Gasteiger partial charge in [0.2, 0.25) is 0 Å². The molecule has 1 aromatic heterocycles. The summed E-state index contributed by atoms with van der Waals surface area (Å²) in [7, 11) is 1.37. The minimum Gasteiger partial charge on any atom is -0.465 e. The van der Waals surface area contributed by atoms with Crippen LogP contribution in [0.2, 0.25) is 0 Å². The Hall–Kier alpha value is -2.05. The van der Waals surface area contributed by atoms with Gasteiger partial charge in [-0.25, -0.2) is 4.79 Å². The van der Waals surface area contributed by atoms with Gasteiger partial charge in [0.05, 0.1) is 7.11 Å². The van der Waals surface area contributed by atoms with Crippen molar-refractivity contribution in [2.24, 2.45) is 0 Å². The van der Waals surface area contributed by atoms with E-state index in [-0.39, 0.29) is 5.97 Å². The summed E-state index contributed by atoms with van der Waals surface area (Å²) in [5.41, 5.74) is 1.79. The third kappa shape index (κ3) is 2.96. The molecule has 0 bridgehead atoms. The lowest BCUT2D eigenvalue weighted by atomic mass is 10.2. The van der Waals surface area contributed by atoms with Crippen LogP contribution in [0.5, 0.6) is 0 Å². The van der Waals surface area contributed by atoms with Gasteiger partial charge in [0.15, 0.2) is 0 Å². The standard InChI is InChI=1S/C14H10O2S/c1-16-14(15)13-9-12(10-17-13)8-7-11-5-3-2-4-6-11/h2-6,9-10H,1H3. The molecule has 2 rings (SSSR count). The molecule has 1 heterocycles. The van der Waals surface area contributed by atoms with Gasteiger partial charge in [-0.15, -0.1) is 11.3 Å². The Bertz CT molecular complexity index is 573. The predicted octanol–water partition coefficient (Wildman–Crippen LogP) is 2.93. The highest BCUT2D eigenvalue weighted by Gasteiger charge is 2.07. The summed E-state index contributed by atoms with van der Waals surface area (Å²) in [6.07, 6.45) is 0. The molecule has 17 heavy (non-hydrogen) atoms. The third-order valence-electron chi connectivity index (χ3n) is 2.11. The molecular weight excluding hydrogens is 232 g/mol. The number of hydrogen-bond acceptors (Lipinski definition) is 3. The van der Waals surface area contributed by atoms with Gasteiger partial charge in [-0.2, -0.15) is 0 Å². The number of ether oxygens (including phenoxy) is 1. The van der Waals surface area contributed by atoms with Crippen molar-refractivity contribution in [2.45, 2.75) is 0 Å². The van der Waals surface area contributed by atoms with E-state index in [4.69, 9.17) is 0 Å². The first kappa shape index (κ1) is 11.4. The average Bonchev–Trinajstić information content (AvgIpc) is 2.85. The smallest absolute Gasteiger partial charge is 0.348 e. The van der Waals surface area contributed by atoms with Crippen LogP contribution in [-0.2, 0) is 4.74 Å². The first-order valence-corrected chi connectivity index (χ1v) is 5.91. The first-order valence-electron chi connectivity index (χ1n) is 5.03. The van der Waals surface area contributed by atoms with Gasteiger partial charge < -0.3 is 4.74 Å². The molecule has 0 saturated heterocycles. The lowest BCUT2D eigenvalue weighted by Gasteiger charge is -1.90. The maximum absolute atomic E-state index is 11.2. The molecule has 3 heteroatoms. The lowest BCUT2D eigenvalue weighted by molar-refractivity contribution is 0.0606. The molecule has 0 unspecified atom stereocenters. The molecule has 0 fully saturated rings. The Morgan fingerprint density at radius 3 is 2.59 bits per heavy atom. The zero-order valence-electron chi connectivity index (χ0n) is 9.27. The normalized spacial score (nSPS) is 9.24. The Kier molecular flexibility index (Phi) is 3.59. The van der Waals surface area contributed by atoms with E-state index in [2.05, 4.69) is 16.6 Å². The summed E-state index contributed by atoms with van der Waals surface area (Å²) in [6, 6.07) is 11.5. The quantitative estimate of drug-likeness (QED) is 0.567. The average molecular weight is 242 g/mol. The fourth-order valence-electron chi connectivity index (χ4n) is 1.28. The highest BCUT2D eigenvalue weighted by atomic mass is 32.1. The summed E-state index contributed by atoms with van der Waals surface area (Å²) < 4.78 is 4.64. The second kappa shape index (κ2) is 5.33. The third-order valence-corrected chi connectivity index (χ3v) is 3.02. The number of rotatable bonds is 1. The molecule has 0 aliphatic heterocycles. The number of methoxy groups -OCH3 is 1. The molecule has 2 aromatic rings. The largest absolute Gasteiger partial charge is 0.465 e. The van der Waals surface area contributed by atoms with Gasteiger partial charge >= 0.3 is 5.97 Å². The van der Waals surface area contributed by atoms with Crippen molar-refractivity contribution in [3.05, 3.63) is 57.8 Å². The van der Waals surface area contributed by atoms with Gasteiger partial charge in [0, 0.05) is 16.5 Å². The molecule has 0 N–H and O–H groups in total. The number of hydrogen-bond donors (Lipinski definition) is 0. The zero-order valence-corrected chi connectivity index (χ0v) is 10.1. The Balaban J connectivity index is 2.18. The SMILES string of the molecule is COC(=O)c1cc(C#Cc2ccccc2)cs1. The monoisotopic (exact) mass is 242 g/mol. The highest BCUT2D eigenvalue weighted by molar-refractivity contribution is 7.12. The molecule has 0 spiro atoms. The van der Waals surface area contributed by atoms with E-state index in [1.54, 1.807) is 6.07 Å². The van der Waals surface area contributed by atoms with Crippen molar-refractivity contribution in [3.63, 3.8) is 0 Å². The van der Waals surface area contributed by atoms with Crippen LogP contribution in [0.25, 0.3) is 0 Å². The summed E-state index contributed by atoms with van der Waals surface area (Å²) in [4.78, 5) is 11.8. The van der Waals surface area contributed by atoms with Crippen LogP contribution in [0, 0.1) is 11.8 Å². The number of thiophene rings is 1. The number of esters is 1. The highest BCUT2D eigenvalue weighted by Crippen LogP contribution is 2.14. The fourth-order valence-corrected chi connectivity index (χ4v) is 2.03. The van der Waals surface area contributed by atoms with Crippen LogP contribution in [0.4, 0.5) is 0 Å². The topological polar surface area (TPSA) is 26.3 Å². The molecule has 84 valence electrons. The van der Waals surface area contributed by atoms with E-state index in [0.29, 0.717) is 4.88 Å². The fraction of sp³-hybridized carbons (Fsp3) is 0.0714. The molecular formula is C14H10O2S. The molecule has 2 nitrogen and oxygen atoms in total. The van der Waals surface area contributed by atoms with Crippen molar-refractivity contribution in [1.82, 2.24) is 0 Å². The molecule has 0 aliphatic rings. The molecule has 1 aromatic carbocycles. The van der Waals surface area contributed by atoms with Crippen molar-refractivity contribution >= 4 is 17.3 Å². The van der Waals surface area contributed by atoms with E-state index in [9.17, 15) is 4.79 Å². The maximum Gasteiger partial charge on any atom is 0.348 e. The summed E-state index contributed by atoms with van der Waals surface area (Å²) in [5.74, 6) is 5.73. The van der Waals surface area contributed by atoms with E-state index in [1.807, 2.05) is 35.7 Å². The van der Waals surface area contributed by atoms with Crippen LogP contribution in [0.3, 0.4) is 0 Å². The predicted molar refractivity (Wildman–Crippen MR) is 68.1 cm³/mol. The van der Waals surface area contributed by atoms with Crippen molar-refractivity contribution in [1.29, 1.82) is 0 Å². The maximum atomic E-state index is 11.2. The van der Waals surface area contributed by atoms with E-state index in [1.165, 1.54) is 18.4 Å². The van der Waals surface area contributed by atoms with E-state index >= 15 is 0 Å². The second-order valence-corrected chi connectivity index (χ2v) is 4.22. The van der Waals surface area contributed by atoms with Gasteiger partial charge in [-0.05, 0) is 18.2 Å². The van der Waals surface area contributed by atoms with Gasteiger partial charge in [0.25, 0.3) is 0 Å². The van der Waals surface area contributed by atoms with Crippen LogP contribution < -0.4 is 0 Å². The van der Waals surface area contributed by atoms with Crippen molar-refractivity contribution in [2.75, 3.05) is 7.11 Å². The number of carbonyl (C=O) groups excluding carboxylic acids is 1. The molecule has 0 saturated carbocycles. The van der Waals surface area contributed by atoms with E-state index < -0.39 is 0 Å². The Labute approximate surface area is 104 Å². The molecule has 0 radical (unpaired) electrons. The minimum absolute atomic E-state index is 0.317. The lowest BCUT2D eigenvalue weighted by Crippen LogP contribution is -1.96. The summed E-state index contributed by atoms with van der Waals surface area (Å²) >= 11 is 1.34. The van der Waals surface area contributed by atoms with E-state index in [0.717, 1.165) is 11.1 Å². The van der Waals surface area contributed by atoms with Gasteiger partial charge in [-0.1, -0.05) is 30.0 Å².